The maximum Gasteiger partial charge on any atom is 0.308 e. The molecule has 2 aromatic carbocycles. The quantitative estimate of drug-likeness (QED) is 0.464. The minimum atomic E-state index is -0.510. The van der Waals surface area contributed by atoms with Crippen LogP contribution in [0.5, 0.6) is 5.75 Å². The first kappa shape index (κ1) is 19.8. The number of para-hydroxylation sites is 2. The van der Waals surface area contributed by atoms with Crippen molar-refractivity contribution in [2.45, 2.75) is 25.9 Å². The summed E-state index contributed by atoms with van der Waals surface area (Å²) in [4.78, 5) is 50.5. The number of nitrogens with zero attached hydrogens (tertiary/aromatic N) is 1. The number of anilines is 1. The highest BCUT2D eigenvalue weighted by molar-refractivity contribution is 6.22. The standard InChI is InChI=1S/C22H20N2O6/c1-13(25)30-19-7-3-2-6-18(19)23-20(26)14-8-9-16-17(11-14)22(28)24(21(16)27)12-15-5-4-10-29-15/h2-3,6-9,11,15H,4-5,10,12H2,1H3,(H,23,26)/t15-/m1/s1. The van der Waals surface area contributed by atoms with Gasteiger partial charge in [0.05, 0.1) is 29.5 Å². The number of esters is 1. The first-order chi connectivity index (χ1) is 14.4. The van der Waals surface area contributed by atoms with E-state index in [0.717, 1.165) is 12.8 Å². The van der Waals surface area contributed by atoms with Crippen molar-refractivity contribution >= 4 is 29.4 Å². The first-order valence-corrected chi connectivity index (χ1v) is 9.64. The molecular weight excluding hydrogens is 388 g/mol. The number of benzene rings is 2. The second kappa shape index (κ2) is 8.08. The van der Waals surface area contributed by atoms with E-state index in [9.17, 15) is 19.2 Å². The van der Waals surface area contributed by atoms with Gasteiger partial charge in [-0.15, -0.1) is 0 Å². The van der Waals surface area contributed by atoms with Gasteiger partial charge in [-0.2, -0.15) is 0 Å². The Kier molecular flexibility index (Phi) is 5.33. The van der Waals surface area contributed by atoms with Crippen LogP contribution >= 0.6 is 0 Å². The summed E-state index contributed by atoms with van der Waals surface area (Å²) in [7, 11) is 0. The third kappa shape index (κ3) is 3.81. The SMILES string of the molecule is CC(=O)Oc1ccccc1NC(=O)c1ccc2c(c1)C(=O)N(C[C@H]1CCCO1)C2=O. The van der Waals surface area contributed by atoms with Gasteiger partial charge in [-0.05, 0) is 43.2 Å². The lowest BCUT2D eigenvalue weighted by molar-refractivity contribution is -0.131. The second-order valence-electron chi connectivity index (χ2n) is 7.16. The maximum absolute atomic E-state index is 12.8. The minimum absolute atomic E-state index is 0.146. The van der Waals surface area contributed by atoms with E-state index >= 15 is 0 Å². The van der Waals surface area contributed by atoms with E-state index in [2.05, 4.69) is 5.32 Å². The summed E-state index contributed by atoms with van der Waals surface area (Å²) < 4.78 is 10.6. The van der Waals surface area contributed by atoms with Gasteiger partial charge in [0.1, 0.15) is 0 Å². The van der Waals surface area contributed by atoms with Gasteiger partial charge in [0.2, 0.25) is 0 Å². The molecule has 1 N–H and O–H groups in total. The molecule has 0 aliphatic carbocycles. The van der Waals surface area contributed by atoms with Gasteiger partial charge < -0.3 is 14.8 Å². The fourth-order valence-corrected chi connectivity index (χ4v) is 3.60. The molecule has 1 fully saturated rings. The zero-order valence-electron chi connectivity index (χ0n) is 16.3. The van der Waals surface area contributed by atoms with Crippen LogP contribution in [0.15, 0.2) is 42.5 Å². The van der Waals surface area contributed by atoms with Gasteiger partial charge in [-0.25, -0.2) is 0 Å². The lowest BCUT2D eigenvalue weighted by Gasteiger charge is -2.17. The summed E-state index contributed by atoms with van der Waals surface area (Å²) >= 11 is 0. The number of fused-ring (bicyclic) bond motifs is 1. The van der Waals surface area contributed by atoms with Crippen LogP contribution in [-0.4, -0.2) is 47.8 Å². The molecular formula is C22H20N2O6. The average molecular weight is 408 g/mol. The Morgan fingerprint density at radius 1 is 1.13 bits per heavy atom. The molecule has 1 atom stereocenters. The fraction of sp³-hybridized carbons (Fsp3) is 0.273. The summed E-state index contributed by atoms with van der Waals surface area (Å²) in [5.41, 5.74) is 1.00. The highest BCUT2D eigenvalue weighted by atomic mass is 16.5. The lowest BCUT2D eigenvalue weighted by atomic mass is 10.1. The Bertz CT molecular complexity index is 1040. The number of ether oxygens (including phenoxy) is 2. The van der Waals surface area contributed by atoms with Crippen molar-refractivity contribution in [1.29, 1.82) is 0 Å². The molecule has 0 radical (unpaired) electrons. The normalized spacial score (nSPS) is 17.8. The number of rotatable bonds is 5. The molecule has 8 nitrogen and oxygen atoms in total. The van der Waals surface area contributed by atoms with E-state index < -0.39 is 17.8 Å². The summed E-state index contributed by atoms with van der Waals surface area (Å²) in [6.45, 7) is 2.11. The minimum Gasteiger partial charge on any atom is -0.424 e. The molecule has 2 aliphatic heterocycles. The highest BCUT2D eigenvalue weighted by Gasteiger charge is 2.38. The van der Waals surface area contributed by atoms with Crippen LogP contribution in [0.25, 0.3) is 0 Å². The molecule has 4 rings (SSSR count). The Balaban J connectivity index is 1.54. The molecule has 1 saturated heterocycles. The van der Waals surface area contributed by atoms with Gasteiger partial charge in [-0.1, -0.05) is 12.1 Å². The lowest BCUT2D eigenvalue weighted by Crippen LogP contribution is -2.36. The number of hydrogen-bond donors (Lipinski definition) is 1. The Morgan fingerprint density at radius 3 is 2.63 bits per heavy atom. The van der Waals surface area contributed by atoms with E-state index in [1.54, 1.807) is 24.3 Å². The zero-order chi connectivity index (χ0) is 21.3. The second-order valence-corrected chi connectivity index (χ2v) is 7.16. The van der Waals surface area contributed by atoms with Gasteiger partial charge in [-0.3, -0.25) is 24.1 Å². The average Bonchev–Trinajstić information content (AvgIpc) is 3.32. The number of carbonyl (C=O) groups excluding carboxylic acids is 4. The highest BCUT2D eigenvalue weighted by Crippen LogP contribution is 2.28. The monoisotopic (exact) mass is 408 g/mol. The van der Waals surface area contributed by atoms with Crippen LogP contribution in [0.2, 0.25) is 0 Å². The maximum atomic E-state index is 12.8. The van der Waals surface area contributed by atoms with Crippen molar-refractivity contribution < 1.29 is 28.7 Å². The molecule has 2 heterocycles. The van der Waals surface area contributed by atoms with Crippen LogP contribution in [-0.2, 0) is 9.53 Å². The van der Waals surface area contributed by atoms with Gasteiger partial charge in [0.15, 0.2) is 5.75 Å². The molecule has 2 aliphatic rings. The number of hydrogen-bond acceptors (Lipinski definition) is 6. The number of amides is 3. The van der Waals surface area contributed by atoms with E-state index in [1.165, 1.54) is 30.0 Å². The van der Waals surface area contributed by atoms with Crippen molar-refractivity contribution in [3.63, 3.8) is 0 Å². The third-order valence-electron chi connectivity index (χ3n) is 5.03. The van der Waals surface area contributed by atoms with E-state index in [0.29, 0.717) is 12.3 Å². The predicted octanol–water partition coefficient (Wildman–Crippen LogP) is 2.64. The first-order valence-electron chi connectivity index (χ1n) is 9.64. The van der Waals surface area contributed by atoms with Gasteiger partial charge in [0, 0.05) is 19.1 Å². The molecule has 0 saturated carbocycles. The molecule has 30 heavy (non-hydrogen) atoms. The predicted molar refractivity (Wildman–Crippen MR) is 106 cm³/mol. The topological polar surface area (TPSA) is 102 Å². The number of nitrogens with one attached hydrogen (secondary N) is 1. The summed E-state index contributed by atoms with van der Waals surface area (Å²) in [5, 5.41) is 2.67. The molecule has 0 spiro atoms. The van der Waals surface area contributed by atoms with Crippen LogP contribution in [0.1, 0.15) is 50.8 Å². The molecule has 0 bridgehead atoms. The van der Waals surface area contributed by atoms with E-state index in [-0.39, 0.29) is 41.0 Å². The summed E-state index contributed by atoms with van der Waals surface area (Å²) in [5.74, 6) is -1.59. The van der Waals surface area contributed by atoms with Crippen LogP contribution in [0, 0.1) is 0 Å². The molecule has 154 valence electrons. The molecule has 2 aromatic rings. The van der Waals surface area contributed by atoms with Crippen molar-refractivity contribution in [2.75, 3.05) is 18.5 Å². The van der Waals surface area contributed by atoms with Crippen molar-refractivity contribution in [1.82, 2.24) is 4.90 Å². The van der Waals surface area contributed by atoms with Gasteiger partial charge >= 0.3 is 5.97 Å². The molecule has 0 unspecified atom stereocenters. The molecule has 3 amide bonds. The van der Waals surface area contributed by atoms with Crippen LogP contribution in [0.4, 0.5) is 5.69 Å². The molecule has 8 heteroatoms. The van der Waals surface area contributed by atoms with E-state index in [1.807, 2.05) is 0 Å². The Morgan fingerprint density at radius 2 is 1.90 bits per heavy atom. The summed E-state index contributed by atoms with van der Waals surface area (Å²) in [6.07, 6.45) is 1.57. The smallest absolute Gasteiger partial charge is 0.308 e. The van der Waals surface area contributed by atoms with Crippen LogP contribution in [0.3, 0.4) is 0 Å². The zero-order valence-corrected chi connectivity index (χ0v) is 16.3. The summed E-state index contributed by atoms with van der Waals surface area (Å²) in [6, 6.07) is 10.9. The Hall–Kier alpha value is -3.52. The number of carbonyl (C=O) groups is 4. The fourth-order valence-electron chi connectivity index (χ4n) is 3.60. The Labute approximate surface area is 172 Å². The van der Waals surface area contributed by atoms with Crippen molar-refractivity contribution in [3.05, 3.63) is 59.2 Å². The van der Waals surface area contributed by atoms with Crippen molar-refractivity contribution in [2.24, 2.45) is 0 Å². The van der Waals surface area contributed by atoms with Crippen molar-refractivity contribution in [3.8, 4) is 5.75 Å². The largest absolute Gasteiger partial charge is 0.424 e. The van der Waals surface area contributed by atoms with E-state index in [4.69, 9.17) is 9.47 Å². The van der Waals surface area contributed by atoms with Crippen LogP contribution < -0.4 is 10.1 Å². The van der Waals surface area contributed by atoms with Gasteiger partial charge in [0.25, 0.3) is 17.7 Å². The molecule has 0 aromatic heterocycles. The third-order valence-corrected chi connectivity index (χ3v) is 5.03. The number of imide groups is 1.